The number of aromatic nitrogens is 3. The fourth-order valence-electron chi connectivity index (χ4n) is 3.13. The molecule has 1 aliphatic heterocycles. The molecule has 8 nitrogen and oxygen atoms in total. The molecule has 2 N–H and O–H groups in total. The van der Waals surface area contributed by atoms with Gasteiger partial charge in [-0.05, 0) is 37.5 Å². The van der Waals surface area contributed by atoms with Crippen LogP contribution in [-0.4, -0.2) is 47.5 Å². The summed E-state index contributed by atoms with van der Waals surface area (Å²) in [7, 11) is 1.88. The van der Waals surface area contributed by atoms with E-state index in [4.69, 9.17) is 15.2 Å². The Bertz CT molecular complexity index is 820. The van der Waals surface area contributed by atoms with Gasteiger partial charge in [0, 0.05) is 23.7 Å². The van der Waals surface area contributed by atoms with Crippen molar-refractivity contribution >= 4 is 17.4 Å². The zero-order valence-electron chi connectivity index (χ0n) is 15.0. The molecule has 26 heavy (non-hydrogen) atoms. The Kier molecular flexibility index (Phi) is 4.16. The minimum atomic E-state index is -0.455. The fraction of sp³-hybridized carbons (Fsp3) is 0.500. The molecule has 1 aromatic heterocycles. The van der Waals surface area contributed by atoms with Gasteiger partial charge in [0.05, 0.1) is 26.0 Å². The number of nitrogens with two attached hydrogens (primary N) is 1. The molecule has 2 heterocycles. The third-order valence-corrected chi connectivity index (χ3v) is 5.17. The van der Waals surface area contributed by atoms with Gasteiger partial charge in [-0.15, -0.1) is 5.10 Å². The van der Waals surface area contributed by atoms with Crippen LogP contribution in [0.25, 0.3) is 0 Å². The van der Waals surface area contributed by atoms with E-state index in [0.717, 1.165) is 24.5 Å². The largest absolute Gasteiger partial charge is 0.366 e. The zero-order chi connectivity index (χ0) is 18.3. The van der Waals surface area contributed by atoms with Crippen molar-refractivity contribution in [3.8, 4) is 0 Å². The van der Waals surface area contributed by atoms with E-state index in [-0.39, 0.29) is 11.7 Å². The lowest BCUT2D eigenvalue weighted by Gasteiger charge is -2.29. The summed E-state index contributed by atoms with van der Waals surface area (Å²) in [6.45, 7) is 3.99. The summed E-state index contributed by atoms with van der Waals surface area (Å²) in [5.41, 5.74) is 8.00. The Morgan fingerprint density at radius 1 is 1.38 bits per heavy atom. The molecule has 0 bridgehead atoms. The van der Waals surface area contributed by atoms with Gasteiger partial charge in [-0.2, -0.15) is 0 Å². The first-order valence-electron chi connectivity index (χ1n) is 8.73. The van der Waals surface area contributed by atoms with E-state index in [1.54, 1.807) is 16.8 Å². The Labute approximate surface area is 151 Å². The normalized spacial score (nSPS) is 18.8. The summed E-state index contributed by atoms with van der Waals surface area (Å²) in [6, 6.07) is 5.35. The van der Waals surface area contributed by atoms with Crippen LogP contribution in [0.4, 0.5) is 11.5 Å². The number of aryl methyl sites for hydroxylation is 1. The van der Waals surface area contributed by atoms with Crippen molar-refractivity contribution in [2.24, 2.45) is 11.1 Å². The molecule has 8 heteroatoms. The number of carbonyl (C=O) groups is 1. The third kappa shape index (κ3) is 3.30. The average molecular weight is 357 g/mol. The topological polar surface area (TPSA) is 95.5 Å². The Hall–Kier alpha value is -2.45. The highest BCUT2D eigenvalue weighted by molar-refractivity contribution is 5.94. The third-order valence-electron chi connectivity index (χ3n) is 5.17. The molecule has 1 aromatic carbocycles. The van der Waals surface area contributed by atoms with E-state index >= 15 is 0 Å². The average Bonchev–Trinajstić information content (AvgIpc) is 3.22. The molecule has 1 saturated heterocycles. The molecular weight excluding hydrogens is 334 g/mol. The second-order valence-electron chi connectivity index (χ2n) is 7.27. The van der Waals surface area contributed by atoms with Crippen molar-refractivity contribution in [1.29, 1.82) is 0 Å². The standard InChI is InChI=1S/C18H23N5O3/c1-12-3-4-13(17(19)24)7-14(12)22(2)15-8-23(21-20-15)9-16-25-10-18(5-6-18)11-26-16/h3-4,7-8,16H,5-6,9-11H2,1-2H3,(H2,19,24). The van der Waals surface area contributed by atoms with Crippen molar-refractivity contribution in [2.45, 2.75) is 32.6 Å². The van der Waals surface area contributed by atoms with Gasteiger partial charge >= 0.3 is 0 Å². The van der Waals surface area contributed by atoms with Crippen LogP contribution in [0, 0.1) is 12.3 Å². The second-order valence-corrected chi connectivity index (χ2v) is 7.27. The number of rotatable bonds is 5. The summed E-state index contributed by atoms with van der Waals surface area (Å²) in [5.74, 6) is 0.215. The smallest absolute Gasteiger partial charge is 0.248 e. The number of ether oxygens (including phenoxy) is 2. The van der Waals surface area contributed by atoms with Gasteiger partial charge in [-0.3, -0.25) is 4.79 Å². The number of benzene rings is 1. The van der Waals surface area contributed by atoms with Gasteiger partial charge in [0.1, 0.15) is 0 Å². The van der Waals surface area contributed by atoms with E-state index in [9.17, 15) is 4.79 Å². The quantitative estimate of drug-likeness (QED) is 0.873. The van der Waals surface area contributed by atoms with Crippen molar-refractivity contribution in [2.75, 3.05) is 25.2 Å². The minimum absolute atomic E-state index is 0.285. The number of hydrogen-bond donors (Lipinski definition) is 1. The van der Waals surface area contributed by atoms with Gasteiger partial charge in [0.25, 0.3) is 0 Å². The molecule has 1 spiro atoms. The molecule has 2 aromatic rings. The first-order chi connectivity index (χ1) is 12.5. The number of nitrogens with zero attached hydrogens (tertiary/aromatic N) is 4. The van der Waals surface area contributed by atoms with Crippen LogP contribution in [0.5, 0.6) is 0 Å². The predicted molar refractivity (Wildman–Crippen MR) is 95.1 cm³/mol. The Morgan fingerprint density at radius 2 is 2.12 bits per heavy atom. The van der Waals surface area contributed by atoms with E-state index in [1.807, 2.05) is 31.1 Å². The Morgan fingerprint density at radius 3 is 2.77 bits per heavy atom. The number of anilines is 2. The van der Waals surface area contributed by atoms with Crippen LogP contribution in [-0.2, 0) is 16.0 Å². The van der Waals surface area contributed by atoms with Crippen LogP contribution < -0.4 is 10.6 Å². The van der Waals surface area contributed by atoms with E-state index < -0.39 is 5.91 Å². The number of hydrogen-bond acceptors (Lipinski definition) is 6. The molecule has 1 amide bonds. The van der Waals surface area contributed by atoms with Crippen LogP contribution in [0.3, 0.4) is 0 Å². The van der Waals surface area contributed by atoms with Crippen LogP contribution >= 0.6 is 0 Å². The van der Waals surface area contributed by atoms with Gasteiger partial charge in [-0.1, -0.05) is 11.3 Å². The summed E-state index contributed by atoms with van der Waals surface area (Å²) in [5, 5.41) is 8.40. The van der Waals surface area contributed by atoms with Crippen LogP contribution in [0.1, 0.15) is 28.8 Å². The molecule has 0 atom stereocenters. The van der Waals surface area contributed by atoms with Crippen LogP contribution in [0.15, 0.2) is 24.4 Å². The highest BCUT2D eigenvalue weighted by atomic mass is 16.7. The second kappa shape index (κ2) is 6.37. The molecule has 4 rings (SSSR count). The van der Waals surface area contributed by atoms with Crippen molar-refractivity contribution < 1.29 is 14.3 Å². The minimum Gasteiger partial charge on any atom is -0.366 e. The van der Waals surface area contributed by atoms with Gasteiger partial charge in [0.15, 0.2) is 12.1 Å². The maximum absolute atomic E-state index is 11.4. The molecule has 1 aliphatic carbocycles. The van der Waals surface area contributed by atoms with Gasteiger partial charge in [-0.25, -0.2) is 4.68 Å². The first-order valence-corrected chi connectivity index (χ1v) is 8.73. The number of carbonyl (C=O) groups excluding carboxylic acids is 1. The first kappa shape index (κ1) is 17.0. The highest BCUT2D eigenvalue weighted by Crippen LogP contribution is 2.48. The predicted octanol–water partition coefficient (Wildman–Crippen LogP) is 1.61. The van der Waals surface area contributed by atoms with Crippen molar-refractivity contribution in [1.82, 2.24) is 15.0 Å². The molecule has 138 valence electrons. The van der Waals surface area contributed by atoms with Crippen LogP contribution in [0.2, 0.25) is 0 Å². The highest BCUT2D eigenvalue weighted by Gasteiger charge is 2.46. The zero-order valence-corrected chi connectivity index (χ0v) is 15.0. The van der Waals surface area contributed by atoms with E-state index in [1.165, 1.54) is 12.8 Å². The van der Waals surface area contributed by atoms with Crippen molar-refractivity contribution in [3.05, 3.63) is 35.5 Å². The van der Waals surface area contributed by atoms with E-state index in [2.05, 4.69) is 10.3 Å². The van der Waals surface area contributed by atoms with E-state index in [0.29, 0.717) is 17.9 Å². The molecular formula is C18H23N5O3. The molecule has 1 saturated carbocycles. The lowest BCUT2D eigenvalue weighted by molar-refractivity contribution is -0.213. The summed E-state index contributed by atoms with van der Waals surface area (Å²) < 4.78 is 13.3. The van der Waals surface area contributed by atoms with Crippen molar-refractivity contribution in [3.63, 3.8) is 0 Å². The summed E-state index contributed by atoms with van der Waals surface area (Å²) in [6.07, 6.45) is 3.94. The molecule has 2 fully saturated rings. The molecule has 0 radical (unpaired) electrons. The van der Waals surface area contributed by atoms with Gasteiger partial charge < -0.3 is 20.1 Å². The maximum Gasteiger partial charge on any atom is 0.248 e. The molecule has 2 aliphatic rings. The van der Waals surface area contributed by atoms with Gasteiger partial charge in [0.2, 0.25) is 5.91 Å². The lowest BCUT2D eigenvalue weighted by Crippen LogP contribution is -2.36. The lowest BCUT2D eigenvalue weighted by atomic mass is 10.1. The number of amides is 1. The SMILES string of the molecule is Cc1ccc(C(N)=O)cc1N(C)c1cn(CC2OCC3(CC3)CO2)nn1. The summed E-state index contributed by atoms with van der Waals surface area (Å²) >= 11 is 0. The molecule has 0 unspecified atom stereocenters. The number of primary amides is 1. The maximum atomic E-state index is 11.4. The summed E-state index contributed by atoms with van der Waals surface area (Å²) in [4.78, 5) is 13.3. The Balaban J connectivity index is 1.45. The fourth-order valence-corrected chi connectivity index (χ4v) is 3.13. The monoisotopic (exact) mass is 357 g/mol.